The minimum absolute atomic E-state index is 0.00454. The van der Waals surface area contributed by atoms with Gasteiger partial charge >= 0.3 is 0 Å². The largest absolute Gasteiger partial charge is 0.612 e. The molecule has 11 heteroatoms. The number of carbonyl (C=O) groups excluding carboxylic acids is 2. The zero-order valence-corrected chi connectivity index (χ0v) is 24.5. The highest BCUT2D eigenvalue weighted by molar-refractivity contribution is 7.90. The topological polar surface area (TPSA) is 102 Å². The summed E-state index contributed by atoms with van der Waals surface area (Å²) < 4.78 is 32.1. The maximum atomic E-state index is 14.2. The molecule has 0 N–H and O–H groups in total. The van der Waals surface area contributed by atoms with Crippen molar-refractivity contribution in [1.82, 2.24) is 14.9 Å². The van der Waals surface area contributed by atoms with Gasteiger partial charge in [0.05, 0.1) is 18.3 Å². The van der Waals surface area contributed by atoms with Crippen molar-refractivity contribution in [2.24, 2.45) is 11.3 Å². The lowest BCUT2D eigenvalue weighted by molar-refractivity contribution is -0.144. The molecule has 2 saturated heterocycles. The molecule has 0 radical (unpaired) electrons. The molecule has 9 nitrogen and oxygen atoms in total. The number of ether oxygens (including phenoxy) is 1. The van der Waals surface area contributed by atoms with Crippen LogP contribution in [0.4, 0.5) is 15.9 Å². The first-order valence-corrected chi connectivity index (χ1v) is 15.2. The molecule has 3 heterocycles. The van der Waals surface area contributed by atoms with E-state index in [1.54, 1.807) is 38.4 Å². The van der Waals surface area contributed by atoms with Gasteiger partial charge in [-0.1, -0.05) is 26.0 Å². The maximum Gasteiger partial charge on any atom is 0.229 e. The van der Waals surface area contributed by atoms with E-state index in [-0.39, 0.29) is 23.1 Å². The number of benzene rings is 2. The second-order valence-electron chi connectivity index (χ2n) is 11.0. The second-order valence-corrected chi connectivity index (χ2v) is 12.4. The van der Waals surface area contributed by atoms with Crippen molar-refractivity contribution in [3.8, 4) is 11.5 Å². The average molecular weight is 580 g/mol. The normalized spacial score (nSPS) is 16.3. The first kappa shape index (κ1) is 28.8. The summed E-state index contributed by atoms with van der Waals surface area (Å²) >= 11 is -1.04. The van der Waals surface area contributed by atoms with Crippen LogP contribution >= 0.6 is 0 Å². The Morgan fingerprint density at radius 1 is 1.12 bits per heavy atom. The average Bonchev–Trinajstić information content (AvgIpc) is 2.90. The molecular weight excluding hydrogens is 545 g/mol. The van der Waals surface area contributed by atoms with Crippen LogP contribution in [0.25, 0.3) is 0 Å². The molecule has 0 saturated carbocycles. The Morgan fingerprint density at radius 2 is 1.83 bits per heavy atom. The first-order valence-electron chi connectivity index (χ1n) is 13.6. The summed E-state index contributed by atoms with van der Waals surface area (Å²) in [4.78, 5) is 40.5. The summed E-state index contributed by atoms with van der Waals surface area (Å²) in [5, 5.41) is 0. The van der Waals surface area contributed by atoms with E-state index in [2.05, 4.69) is 14.9 Å². The van der Waals surface area contributed by atoms with Gasteiger partial charge in [-0.15, -0.1) is 0 Å². The summed E-state index contributed by atoms with van der Waals surface area (Å²) in [5.74, 6) is 0.578. The van der Waals surface area contributed by atoms with Gasteiger partial charge in [-0.3, -0.25) is 9.59 Å². The monoisotopic (exact) mass is 579 g/mol. The molecule has 1 atom stereocenters. The summed E-state index contributed by atoms with van der Waals surface area (Å²) in [5.41, 5.74) is 1.26. The van der Waals surface area contributed by atoms with Gasteiger partial charge in [0.15, 0.2) is 22.2 Å². The third-order valence-electron chi connectivity index (χ3n) is 7.53. The van der Waals surface area contributed by atoms with Crippen LogP contribution in [0, 0.1) is 17.2 Å². The van der Waals surface area contributed by atoms with Crippen LogP contribution in [-0.4, -0.2) is 70.2 Å². The Bertz CT molecular complexity index is 1420. The van der Waals surface area contributed by atoms with Gasteiger partial charge in [0, 0.05) is 50.1 Å². The molecule has 2 aliphatic rings. The molecule has 0 bridgehead atoms. The molecule has 2 fully saturated rings. The van der Waals surface area contributed by atoms with Crippen LogP contribution in [0.5, 0.6) is 11.5 Å². The van der Waals surface area contributed by atoms with E-state index in [0.29, 0.717) is 62.1 Å². The molecule has 1 spiro atoms. The van der Waals surface area contributed by atoms with Gasteiger partial charge in [-0.2, -0.15) is 0 Å². The van der Waals surface area contributed by atoms with E-state index < -0.39 is 17.0 Å². The molecule has 5 rings (SSSR count). The molecule has 216 valence electrons. The Labute approximate surface area is 242 Å². The molecule has 2 aromatic carbocycles. The van der Waals surface area contributed by atoms with Gasteiger partial charge in [0.25, 0.3) is 0 Å². The highest BCUT2D eigenvalue weighted by Gasteiger charge is 2.53. The quantitative estimate of drug-likeness (QED) is 0.353. The number of amides is 2. The fourth-order valence-electron chi connectivity index (χ4n) is 5.42. The van der Waals surface area contributed by atoms with Gasteiger partial charge < -0.3 is 24.0 Å². The van der Waals surface area contributed by atoms with Crippen LogP contribution in [0.1, 0.15) is 26.3 Å². The van der Waals surface area contributed by atoms with Crippen LogP contribution in [0.15, 0.2) is 59.9 Å². The Morgan fingerprint density at radius 3 is 2.46 bits per heavy atom. The summed E-state index contributed by atoms with van der Waals surface area (Å²) in [6.07, 6.45) is 4.97. The van der Waals surface area contributed by atoms with E-state index in [0.717, 1.165) is 10.5 Å². The lowest BCUT2D eigenvalue weighted by atomic mass is 9.72. The van der Waals surface area contributed by atoms with E-state index >= 15 is 0 Å². The predicted octanol–water partition coefficient (Wildman–Crippen LogP) is 4.05. The van der Waals surface area contributed by atoms with Crippen molar-refractivity contribution < 1.29 is 23.3 Å². The number of nitrogens with zero attached hydrogens (tertiary/aromatic N) is 5. The van der Waals surface area contributed by atoms with Crippen LogP contribution in [0.2, 0.25) is 0 Å². The van der Waals surface area contributed by atoms with Gasteiger partial charge in [-0.05, 0) is 47.9 Å². The lowest BCUT2D eigenvalue weighted by Gasteiger charge is -2.60. The number of halogens is 1. The van der Waals surface area contributed by atoms with Crippen LogP contribution in [0.3, 0.4) is 0 Å². The van der Waals surface area contributed by atoms with Gasteiger partial charge in [0.2, 0.25) is 11.8 Å². The maximum absolute atomic E-state index is 14.2. The minimum Gasteiger partial charge on any atom is -0.612 e. The number of hydrogen-bond donors (Lipinski definition) is 0. The fourth-order valence-corrected chi connectivity index (χ4v) is 5.94. The highest BCUT2D eigenvalue weighted by atomic mass is 32.2. The van der Waals surface area contributed by atoms with Crippen molar-refractivity contribution in [2.75, 3.05) is 48.8 Å². The smallest absolute Gasteiger partial charge is 0.229 e. The van der Waals surface area contributed by atoms with E-state index in [1.165, 1.54) is 29.4 Å². The molecular formula is C30H34FN5O4S. The van der Waals surface area contributed by atoms with E-state index in [1.807, 2.05) is 24.0 Å². The zero-order valence-electron chi connectivity index (χ0n) is 23.7. The van der Waals surface area contributed by atoms with Crippen molar-refractivity contribution in [1.29, 1.82) is 0 Å². The Hall–Kier alpha value is -3.70. The lowest BCUT2D eigenvalue weighted by Crippen LogP contribution is -2.73. The van der Waals surface area contributed by atoms with Crippen LogP contribution in [-0.2, 0) is 27.2 Å². The SMILES string of the molecule is CCN(C(=O)C(C)C)c1cc(F)ccc1Oc1cncnc1N1CC2(CN(C(=O)Cc3ccc([S+](C)[O-])cc3)C2)C1. The number of rotatable bonds is 9. The third kappa shape index (κ3) is 6.01. The Kier molecular flexibility index (Phi) is 8.19. The molecule has 1 aromatic heterocycles. The predicted molar refractivity (Wildman–Crippen MR) is 155 cm³/mol. The number of aromatic nitrogens is 2. The Balaban J connectivity index is 1.23. The molecule has 1 unspecified atom stereocenters. The summed E-state index contributed by atoms with van der Waals surface area (Å²) in [6, 6.07) is 11.4. The molecule has 3 aromatic rings. The fraction of sp³-hybridized carbons (Fsp3) is 0.400. The van der Waals surface area contributed by atoms with Gasteiger partial charge in [0.1, 0.15) is 18.4 Å². The van der Waals surface area contributed by atoms with Crippen molar-refractivity contribution in [3.05, 3.63) is 66.4 Å². The zero-order chi connectivity index (χ0) is 29.3. The third-order valence-corrected chi connectivity index (χ3v) is 8.47. The van der Waals surface area contributed by atoms with Gasteiger partial charge in [-0.25, -0.2) is 14.4 Å². The highest BCUT2D eigenvalue weighted by Crippen LogP contribution is 2.45. The summed E-state index contributed by atoms with van der Waals surface area (Å²) in [6.45, 7) is 8.58. The van der Waals surface area contributed by atoms with E-state index in [9.17, 15) is 18.5 Å². The second kappa shape index (κ2) is 11.7. The number of hydrogen-bond acceptors (Lipinski definition) is 7. The number of carbonyl (C=O) groups is 2. The first-order chi connectivity index (χ1) is 19.6. The van der Waals surface area contributed by atoms with Crippen LogP contribution < -0.4 is 14.5 Å². The number of anilines is 2. The van der Waals surface area contributed by atoms with Crippen molar-refractivity contribution in [2.45, 2.75) is 32.1 Å². The standard InChI is InChI=1S/C30H34FN5O4S/c1-5-36(29(38)20(2)3)24-13-22(31)8-11-25(24)40-26-14-32-19-33-28(26)35-17-30(18-35)15-34(16-30)27(37)12-21-6-9-23(10-7-21)41(4)39/h6-11,13-14,19-20H,5,12,15-18H2,1-4H3. The molecule has 2 amide bonds. The minimum atomic E-state index is -1.04. The number of likely N-dealkylation sites (tertiary alicyclic amines) is 1. The van der Waals surface area contributed by atoms with Crippen molar-refractivity contribution >= 4 is 34.5 Å². The molecule has 41 heavy (non-hydrogen) atoms. The molecule has 0 aliphatic carbocycles. The van der Waals surface area contributed by atoms with E-state index in [4.69, 9.17) is 4.74 Å². The molecule has 2 aliphatic heterocycles. The van der Waals surface area contributed by atoms with Crippen molar-refractivity contribution in [3.63, 3.8) is 0 Å². The summed E-state index contributed by atoms with van der Waals surface area (Å²) in [7, 11) is 0.